The molecule has 3 aromatic carbocycles. The van der Waals surface area contributed by atoms with E-state index in [-0.39, 0.29) is 11.9 Å². The summed E-state index contributed by atoms with van der Waals surface area (Å²) >= 11 is 0. The van der Waals surface area contributed by atoms with Crippen molar-refractivity contribution in [3.05, 3.63) is 83.4 Å². The van der Waals surface area contributed by atoms with Crippen molar-refractivity contribution in [1.29, 1.82) is 0 Å². The SMILES string of the molecule is CCc1ccc(NC(=O)Nc2cc(C(=O)NCc3ccccc3OC)ccc2N2CCCC2)cc1. The van der Waals surface area contributed by atoms with Crippen molar-refractivity contribution < 1.29 is 14.3 Å². The summed E-state index contributed by atoms with van der Waals surface area (Å²) in [5, 5.41) is 8.79. The fraction of sp³-hybridized carbons (Fsp3) is 0.286. The first kappa shape index (κ1) is 24.1. The van der Waals surface area contributed by atoms with Crippen molar-refractivity contribution in [2.75, 3.05) is 35.7 Å². The maximum atomic E-state index is 12.9. The first-order chi connectivity index (χ1) is 17.1. The van der Waals surface area contributed by atoms with E-state index in [1.165, 1.54) is 5.56 Å². The number of methoxy groups -OCH3 is 1. The molecule has 0 aliphatic carbocycles. The maximum absolute atomic E-state index is 12.9. The Hall–Kier alpha value is -4.00. The Morgan fingerprint density at radius 1 is 0.943 bits per heavy atom. The lowest BCUT2D eigenvalue weighted by Gasteiger charge is -2.22. The molecule has 1 saturated heterocycles. The molecule has 182 valence electrons. The van der Waals surface area contributed by atoms with Gasteiger partial charge < -0.3 is 25.6 Å². The zero-order valence-corrected chi connectivity index (χ0v) is 20.3. The highest BCUT2D eigenvalue weighted by atomic mass is 16.5. The van der Waals surface area contributed by atoms with Crippen molar-refractivity contribution in [2.45, 2.75) is 32.7 Å². The molecule has 4 rings (SSSR count). The molecule has 7 nitrogen and oxygen atoms in total. The third-order valence-electron chi connectivity index (χ3n) is 6.21. The first-order valence-electron chi connectivity index (χ1n) is 12.0. The lowest BCUT2D eigenvalue weighted by atomic mass is 10.1. The van der Waals surface area contributed by atoms with Crippen LogP contribution in [-0.2, 0) is 13.0 Å². The number of hydrogen-bond acceptors (Lipinski definition) is 4. The fourth-order valence-electron chi connectivity index (χ4n) is 4.25. The standard InChI is InChI=1S/C28H32N4O3/c1-3-20-10-13-23(14-11-20)30-28(34)31-24-18-21(12-15-25(24)32-16-6-7-17-32)27(33)29-19-22-8-4-5-9-26(22)35-2/h4-5,8-15,18H,3,6-7,16-17,19H2,1-2H3,(H,29,33)(H2,30,31,34). The van der Waals surface area contributed by atoms with Crippen LogP contribution in [0.15, 0.2) is 66.7 Å². The minimum Gasteiger partial charge on any atom is -0.496 e. The van der Waals surface area contributed by atoms with Crippen LogP contribution in [0.4, 0.5) is 21.9 Å². The highest BCUT2D eigenvalue weighted by Gasteiger charge is 2.19. The normalized spacial score (nSPS) is 12.8. The number of amides is 3. The second kappa shape index (κ2) is 11.4. The quantitative estimate of drug-likeness (QED) is 0.408. The number of carbonyl (C=O) groups excluding carboxylic acids is 2. The van der Waals surface area contributed by atoms with Crippen LogP contribution in [0.2, 0.25) is 0 Å². The van der Waals surface area contributed by atoms with Gasteiger partial charge in [-0.15, -0.1) is 0 Å². The molecule has 0 atom stereocenters. The Morgan fingerprint density at radius 3 is 2.40 bits per heavy atom. The third-order valence-corrected chi connectivity index (χ3v) is 6.21. The molecule has 7 heteroatoms. The van der Waals surface area contributed by atoms with E-state index < -0.39 is 0 Å². The summed E-state index contributed by atoms with van der Waals surface area (Å²) in [7, 11) is 1.61. The first-order valence-corrected chi connectivity index (χ1v) is 12.0. The van der Waals surface area contributed by atoms with Gasteiger partial charge in [0, 0.05) is 36.4 Å². The molecule has 35 heavy (non-hydrogen) atoms. The van der Waals surface area contributed by atoms with Crippen LogP contribution < -0.4 is 25.6 Å². The predicted molar refractivity (Wildman–Crippen MR) is 141 cm³/mol. The average Bonchev–Trinajstić information content (AvgIpc) is 3.42. The van der Waals surface area contributed by atoms with Gasteiger partial charge in [0.05, 0.1) is 18.5 Å². The number of rotatable bonds is 8. The monoisotopic (exact) mass is 472 g/mol. The topological polar surface area (TPSA) is 82.7 Å². The van der Waals surface area contributed by atoms with Crippen LogP contribution in [0.5, 0.6) is 5.75 Å². The maximum Gasteiger partial charge on any atom is 0.323 e. The zero-order chi connectivity index (χ0) is 24.6. The second-order valence-electron chi connectivity index (χ2n) is 8.55. The summed E-state index contributed by atoms with van der Waals surface area (Å²) in [5.74, 6) is 0.505. The van der Waals surface area contributed by atoms with E-state index in [4.69, 9.17) is 4.74 Å². The number of urea groups is 1. The summed E-state index contributed by atoms with van der Waals surface area (Å²) in [5.41, 5.74) is 4.82. The number of para-hydroxylation sites is 1. The van der Waals surface area contributed by atoms with Gasteiger partial charge in [0.15, 0.2) is 0 Å². The van der Waals surface area contributed by atoms with Crippen LogP contribution in [0, 0.1) is 0 Å². The summed E-state index contributed by atoms with van der Waals surface area (Å²) in [6.45, 7) is 4.28. The minimum absolute atomic E-state index is 0.220. The number of hydrogen-bond donors (Lipinski definition) is 3. The number of benzene rings is 3. The van der Waals surface area contributed by atoms with E-state index in [2.05, 4.69) is 27.8 Å². The van der Waals surface area contributed by atoms with Crippen molar-refractivity contribution >= 4 is 29.0 Å². The summed E-state index contributed by atoms with van der Waals surface area (Å²) in [4.78, 5) is 28.0. The molecule has 1 aliphatic heterocycles. The zero-order valence-electron chi connectivity index (χ0n) is 20.3. The van der Waals surface area contributed by atoms with E-state index in [0.29, 0.717) is 23.5 Å². The number of aryl methyl sites for hydroxylation is 1. The van der Waals surface area contributed by atoms with Crippen molar-refractivity contribution in [1.82, 2.24) is 5.32 Å². The van der Waals surface area contributed by atoms with Crippen molar-refractivity contribution in [3.8, 4) is 5.75 Å². The van der Waals surface area contributed by atoms with Gasteiger partial charge in [0.2, 0.25) is 0 Å². The smallest absolute Gasteiger partial charge is 0.323 e. The van der Waals surface area contributed by atoms with Crippen molar-refractivity contribution in [3.63, 3.8) is 0 Å². The van der Waals surface area contributed by atoms with Gasteiger partial charge >= 0.3 is 6.03 Å². The second-order valence-corrected chi connectivity index (χ2v) is 8.55. The third kappa shape index (κ3) is 6.12. The fourth-order valence-corrected chi connectivity index (χ4v) is 4.25. The highest BCUT2D eigenvalue weighted by molar-refractivity contribution is 6.04. The summed E-state index contributed by atoms with van der Waals surface area (Å²) in [6.07, 6.45) is 3.16. The van der Waals surface area contributed by atoms with Gasteiger partial charge in [-0.05, 0) is 61.2 Å². The van der Waals surface area contributed by atoms with E-state index in [0.717, 1.165) is 49.4 Å². The molecule has 0 unspecified atom stereocenters. The average molecular weight is 473 g/mol. The van der Waals surface area contributed by atoms with Gasteiger partial charge in [-0.1, -0.05) is 37.3 Å². The number of nitrogens with one attached hydrogen (secondary N) is 3. The Kier molecular flexibility index (Phi) is 7.88. The van der Waals surface area contributed by atoms with E-state index >= 15 is 0 Å². The van der Waals surface area contributed by atoms with Gasteiger partial charge in [-0.3, -0.25) is 4.79 Å². The largest absolute Gasteiger partial charge is 0.496 e. The van der Waals surface area contributed by atoms with Crippen LogP contribution in [0.1, 0.15) is 41.3 Å². The molecule has 0 radical (unpaired) electrons. The molecular weight excluding hydrogens is 440 g/mol. The van der Waals surface area contributed by atoms with Crippen LogP contribution in [-0.4, -0.2) is 32.1 Å². The lowest BCUT2D eigenvalue weighted by Crippen LogP contribution is -2.26. The molecule has 1 aliphatic rings. The number of ether oxygens (including phenoxy) is 1. The minimum atomic E-state index is -0.346. The van der Waals surface area contributed by atoms with Gasteiger partial charge in [0.1, 0.15) is 5.75 Å². The molecule has 3 N–H and O–H groups in total. The molecule has 1 heterocycles. The summed E-state index contributed by atoms with van der Waals surface area (Å²) < 4.78 is 5.37. The Morgan fingerprint density at radius 2 is 1.69 bits per heavy atom. The molecule has 1 fully saturated rings. The van der Waals surface area contributed by atoms with Crippen molar-refractivity contribution in [2.24, 2.45) is 0 Å². The number of anilines is 3. The summed E-state index contributed by atoms with van der Waals surface area (Å²) in [6, 6.07) is 20.5. The van der Waals surface area contributed by atoms with Gasteiger partial charge in [-0.2, -0.15) is 0 Å². The van der Waals surface area contributed by atoms with Gasteiger partial charge in [0.25, 0.3) is 5.91 Å². The van der Waals surface area contributed by atoms with Crippen LogP contribution in [0.3, 0.4) is 0 Å². The van der Waals surface area contributed by atoms with Crippen LogP contribution in [0.25, 0.3) is 0 Å². The van der Waals surface area contributed by atoms with E-state index in [1.54, 1.807) is 19.2 Å². The van der Waals surface area contributed by atoms with Crippen LogP contribution >= 0.6 is 0 Å². The van der Waals surface area contributed by atoms with Gasteiger partial charge in [-0.25, -0.2) is 4.79 Å². The molecular formula is C28H32N4O3. The lowest BCUT2D eigenvalue weighted by molar-refractivity contribution is 0.0950. The highest BCUT2D eigenvalue weighted by Crippen LogP contribution is 2.30. The predicted octanol–water partition coefficient (Wildman–Crippen LogP) is 5.43. The Labute approximate surface area is 206 Å². The van der Waals surface area contributed by atoms with E-state index in [1.807, 2.05) is 54.6 Å². The van der Waals surface area contributed by atoms with E-state index in [9.17, 15) is 9.59 Å². The Balaban J connectivity index is 1.50. The molecule has 0 saturated carbocycles. The molecule has 0 bridgehead atoms. The molecule has 3 aromatic rings. The molecule has 3 amide bonds. The Bertz CT molecular complexity index is 1170. The molecule has 0 aromatic heterocycles. The number of nitrogens with zero attached hydrogens (tertiary/aromatic N) is 1. The number of carbonyl (C=O) groups is 2. The molecule has 0 spiro atoms.